The van der Waals surface area contributed by atoms with Gasteiger partial charge in [0, 0.05) is 57.4 Å². The van der Waals surface area contributed by atoms with Gasteiger partial charge in [0.05, 0.1) is 23.6 Å². The summed E-state index contributed by atoms with van der Waals surface area (Å²) in [6.45, 7) is 7.76. The predicted molar refractivity (Wildman–Crippen MR) is 118 cm³/mol. The number of aromatic amines is 1. The lowest BCUT2D eigenvalue weighted by molar-refractivity contribution is 0.129. The Labute approximate surface area is 180 Å². The Balaban J connectivity index is 1.30. The highest BCUT2D eigenvalue weighted by atomic mass is 19.1. The number of nitrogens with one attached hydrogen (secondary N) is 1. The van der Waals surface area contributed by atoms with Crippen LogP contribution in [0.1, 0.15) is 12.8 Å². The zero-order valence-electron chi connectivity index (χ0n) is 17.8. The van der Waals surface area contributed by atoms with Gasteiger partial charge in [-0.3, -0.25) is 4.98 Å². The van der Waals surface area contributed by atoms with Crippen LogP contribution in [-0.2, 0) is 0 Å². The number of piperidine rings is 1. The molecule has 0 radical (unpaired) electrons. The molecule has 0 unspecified atom stereocenters. The molecule has 2 saturated heterocycles. The lowest BCUT2D eigenvalue weighted by Crippen LogP contribution is -2.47. The van der Waals surface area contributed by atoms with Crippen LogP contribution in [-0.4, -0.2) is 77.6 Å². The Hall–Kier alpha value is -2.58. The molecule has 2 aromatic heterocycles. The predicted octanol–water partition coefficient (Wildman–Crippen LogP) is 3.37. The molecule has 1 aromatic carbocycles. The summed E-state index contributed by atoms with van der Waals surface area (Å²) in [5.74, 6) is -0.0584. The Morgan fingerprint density at radius 3 is 2.39 bits per heavy atom. The second-order valence-electron chi connectivity index (χ2n) is 8.83. The monoisotopic (exact) mass is 426 g/mol. The van der Waals surface area contributed by atoms with Gasteiger partial charge in [-0.2, -0.15) is 0 Å². The van der Waals surface area contributed by atoms with Crippen LogP contribution in [0.15, 0.2) is 30.6 Å². The molecule has 4 heterocycles. The van der Waals surface area contributed by atoms with E-state index in [-0.39, 0.29) is 0 Å². The standard InChI is InChI=1S/C23H28F2N6/c1-29-6-8-30(9-7-29)15-16-2-4-31(5-3-16)21-14-26-13-20-22(21)28-23(27-20)17-10-18(24)12-19(25)11-17/h10-14,16H,2-9,15H2,1H3,(H,27,28). The van der Waals surface area contributed by atoms with Crippen LogP contribution in [0.5, 0.6) is 0 Å². The minimum atomic E-state index is -0.615. The van der Waals surface area contributed by atoms with Crippen molar-refractivity contribution < 1.29 is 8.78 Å². The maximum atomic E-state index is 13.7. The average molecular weight is 427 g/mol. The van der Waals surface area contributed by atoms with Crippen molar-refractivity contribution in [2.75, 3.05) is 57.8 Å². The van der Waals surface area contributed by atoms with E-state index in [9.17, 15) is 8.78 Å². The zero-order valence-corrected chi connectivity index (χ0v) is 17.8. The van der Waals surface area contributed by atoms with Gasteiger partial charge in [-0.15, -0.1) is 0 Å². The lowest BCUT2D eigenvalue weighted by atomic mass is 9.95. The number of pyridine rings is 1. The van der Waals surface area contributed by atoms with Crippen molar-refractivity contribution in [1.82, 2.24) is 24.8 Å². The fourth-order valence-corrected chi connectivity index (χ4v) is 4.73. The number of piperazine rings is 1. The molecule has 6 nitrogen and oxygen atoms in total. The number of imidazole rings is 1. The summed E-state index contributed by atoms with van der Waals surface area (Å²) in [5.41, 5.74) is 2.95. The SMILES string of the molecule is CN1CCN(CC2CCN(c3cncc4[nH]c(-c5cc(F)cc(F)c5)nc34)CC2)CC1. The first-order valence-electron chi connectivity index (χ1n) is 11.0. The molecule has 0 spiro atoms. The van der Waals surface area contributed by atoms with E-state index in [1.54, 1.807) is 6.20 Å². The normalized spacial score (nSPS) is 19.4. The van der Waals surface area contributed by atoms with E-state index in [1.165, 1.54) is 18.7 Å². The second-order valence-corrected chi connectivity index (χ2v) is 8.83. The quantitative estimate of drug-likeness (QED) is 0.693. The molecule has 1 N–H and O–H groups in total. The first kappa shape index (κ1) is 20.3. The van der Waals surface area contributed by atoms with E-state index in [1.807, 2.05) is 6.20 Å². The molecule has 2 aliphatic rings. The molecule has 3 aromatic rings. The number of nitrogens with zero attached hydrogens (tertiary/aromatic N) is 5. The highest BCUT2D eigenvalue weighted by molar-refractivity contribution is 5.90. The van der Waals surface area contributed by atoms with Gasteiger partial charge >= 0.3 is 0 Å². The Kier molecular flexibility index (Phi) is 5.58. The largest absolute Gasteiger partial charge is 0.368 e. The van der Waals surface area contributed by atoms with Crippen LogP contribution in [0.2, 0.25) is 0 Å². The van der Waals surface area contributed by atoms with E-state index in [2.05, 4.69) is 36.7 Å². The summed E-state index contributed by atoms with van der Waals surface area (Å²) >= 11 is 0. The van der Waals surface area contributed by atoms with Crippen molar-refractivity contribution in [3.63, 3.8) is 0 Å². The van der Waals surface area contributed by atoms with Gasteiger partial charge in [0.2, 0.25) is 0 Å². The van der Waals surface area contributed by atoms with Crippen molar-refractivity contribution in [3.8, 4) is 11.4 Å². The summed E-state index contributed by atoms with van der Waals surface area (Å²) in [6.07, 6.45) is 5.86. The average Bonchev–Trinajstić information content (AvgIpc) is 3.20. The number of hydrogen-bond acceptors (Lipinski definition) is 5. The van der Waals surface area contributed by atoms with E-state index < -0.39 is 11.6 Å². The lowest BCUT2D eigenvalue weighted by Gasteiger charge is -2.38. The third-order valence-corrected chi connectivity index (χ3v) is 6.58. The Morgan fingerprint density at radius 1 is 0.968 bits per heavy atom. The zero-order chi connectivity index (χ0) is 21.4. The van der Waals surface area contributed by atoms with Crippen molar-refractivity contribution in [3.05, 3.63) is 42.2 Å². The number of benzene rings is 1. The fraction of sp³-hybridized carbons (Fsp3) is 0.478. The van der Waals surface area contributed by atoms with Crippen LogP contribution in [0.4, 0.5) is 14.5 Å². The number of aromatic nitrogens is 3. The Morgan fingerprint density at radius 2 is 1.68 bits per heavy atom. The van der Waals surface area contributed by atoms with Crippen LogP contribution in [0, 0.1) is 17.6 Å². The molecule has 31 heavy (non-hydrogen) atoms. The third kappa shape index (κ3) is 4.41. The maximum Gasteiger partial charge on any atom is 0.138 e. The number of anilines is 1. The summed E-state index contributed by atoms with van der Waals surface area (Å²) < 4.78 is 27.3. The van der Waals surface area contributed by atoms with Gasteiger partial charge in [0.25, 0.3) is 0 Å². The molecule has 0 bridgehead atoms. The highest BCUT2D eigenvalue weighted by Crippen LogP contribution is 2.31. The number of fused-ring (bicyclic) bond motifs is 1. The van der Waals surface area contributed by atoms with Crippen molar-refractivity contribution >= 4 is 16.7 Å². The van der Waals surface area contributed by atoms with Gasteiger partial charge in [0.15, 0.2) is 0 Å². The van der Waals surface area contributed by atoms with Crippen molar-refractivity contribution in [2.45, 2.75) is 12.8 Å². The molecule has 5 rings (SSSR count). The number of H-pyrrole nitrogens is 1. The van der Waals surface area contributed by atoms with Crippen LogP contribution in [0.25, 0.3) is 22.4 Å². The highest BCUT2D eigenvalue weighted by Gasteiger charge is 2.25. The topological polar surface area (TPSA) is 51.3 Å². The smallest absolute Gasteiger partial charge is 0.138 e. The number of rotatable bonds is 4. The fourth-order valence-electron chi connectivity index (χ4n) is 4.73. The minimum Gasteiger partial charge on any atom is -0.368 e. The molecule has 0 saturated carbocycles. The van der Waals surface area contributed by atoms with Gasteiger partial charge in [-0.25, -0.2) is 13.8 Å². The van der Waals surface area contributed by atoms with Crippen LogP contribution < -0.4 is 4.90 Å². The summed E-state index contributed by atoms with van der Waals surface area (Å²) in [6, 6.07) is 3.45. The number of halogens is 2. The number of hydrogen-bond donors (Lipinski definition) is 1. The van der Waals surface area contributed by atoms with Crippen molar-refractivity contribution in [2.24, 2.45) is 5.92 Å². The molecule has 2 aliphatic heterocycles. The van der Waals surface area contributed by atoms with Crippen molar-refractivity contribution in [1.29, 1.82) is 0 Å². The Bertz CT molecular complexity index is 1030. The van der Waals surface area contributed by atoms with E-state index in [0.717, 1.165) is 80.8 Å². The molecule has 164 valence electrons. The maximum absolute atomic E-state index is 13.7. The van der Waals surface area contributed by atoms with E-state index in [0.29, 0.717) is 11.4 Å². The molecular formula is C23H28F2N6. The molecule has 0 atom stereocenters. The van der Waals surface area contributed by atoms with E-state index in [4.69, 9.17) is 0 Å². The van der Waals surface area contributed by atoms with E-state index >= 15 is 0 Å². The molecule has 0 aliphatic carbocycles. The summed E-state index contributed by atoms with van der Waals surface area (Å²) in [4.78, 5) is 19.6. The van der Waals surface area contributed by atoms with Crippen LogP contribution >= 0.6 is 0 Å². The number of likely N-dealkylation sites (N-methyl/N-ethyl adjacent to an activating group) is 1. The molecule has 2 fully saturated rings. The first-order valence-corrected chi connectivity index (χ1v) is 11.0. The first-order chi connectivity index (χ1) is 15.0. The molecule has 8 heteroatoms. The van der Waals surface area contributed by atoms with Gasteiger partial charge in [0.1, 0.15) is 23.0 Å². The third-order valence-electron chi connectivity index (χ3n) is 6.58. The van der Waals surface area contributed by atoms with Gasteiger partial charge < -0.3 is 19.7 Å². The minimum absolute atomic E-state index is 0.394. The van der Waals surface area contributed by atoms with Gasteiger partial charge in [-0.1, -0.05) is 0 Å². The summed E-state index contributed by atoms with van der Waals surface area (Å²) in [5, 5.41) is 0. The van der Waals surface area contributed by atoms with Crippen LogP contribution in [0.3, 0.4) is 0 Å². The molecular weight excluding hydrogens is 398 g/mol. The summed E-state index contributed by atoms with van der Waals surface area (Å²) in [7, 11) is 2.19. The molecule has 0 amide bonds. The van der Waals surface area contributed by atoms with Gasteiger partial charge in [-0.05, 0) is 37.9 Å². The second kappa shape index (κ2) is 8.51.